The van der Waals surface area contributed by atoms with Crippen LogP contribution in [0, 0.1) is 5.41 Å². The van der Waals surface area contributed by atoms with E-state index in [1.165, 1.54) is 19.3 Å². The highest BCUT2D eigenvalue weighted by molar-refractivity contribution is 4.98. The number of unbranched alkanes of at least 4 members (excludes halogenated alkanes) is 3. The Morgan fingerprint density at radius 1 is 1.11 bits per heavy atom. The summed E-state index contributed by atoms with van der Waals surface area (Å²) < 4.78 is 0. The van der Waals surface area contributed by atoms with Crippen molar-refractivity contribution < 1.29 is 10.2 Å². The maximum Gasteiger partial charge on any atom is 0.0572 e. The molecule has 0 radical (unpaired) electrons. The van der Waals surface area contributed by atoms with Crippen LogP contribution in [0.4, 0.5) is 0 Å². The van der Waals surface area contributed by atoms with Crippen LogP contribution in [0.15, 0.2) is 12.2 Å². The number of aliphatic hydroxyl groups excluding tert-OH is 2. The molecule has 0 aliphatic heterocycles. The van der Waals surface area contributed by atoms with Gasteiger partial charge in [0.2, 0.25) is 0 Å². The molecule has 0 rings (SSSR count). The van der Waals surface area contributed by atoms with Gasteiger partial charge in [0.25, 0.3) is 0 Å². The number of allylic oxidation sites excluding steroid dienone is 2. The molecular formula is C17H34O2. The molecule has 19 heavy (non-hydrogen) atoms. The van der Waals surface area contributed by atoms with Crippen molar-refractivity contribution >= 4 is 0 Å². The number of hydrogen-bond acceptors (Lipinski definition) is 2. The second-order valence-electron chi connectivity index (χ2n) is 6.24. The van der Waals surface area contributed by atoms with Crippen LogP contribution in [-0.2, 0) is 0 Å². The molecule has 0 aliphatic rings. The molecule has 3 atom stereocenters. The molecule has 2 nitrogen and oxygen atoms in total. The maximum absolute atomic E-state index is 10.0. The van der Waals surface area contributed by atoms with Gasteiger partial charge in [-0.25, -0.2) is 0 Å². The molecule has 0 bridgehead atoms. The van der Waals surface area contributed by atoms with Gasteiger partial charge in [0, 0.05) is 0 Å². The molecule has 0 aromatic heterocycles. The topological polar surface area (TPSA) is 40.5 Å². The summed E-state index contributed by atoms with van der Waals surface area (Å²) in [6, 6.07) is 0. The molecule has 2 heteroatoms. The Hall–Kier alpha value is -0.340. The Labute approximate surface area is 119 Å². The van der Waals surface area contributed by atoms with Crippen LogP contribution < -0.4 is 0 Å². The molecule has 3 unspecified atom stereocenters. The highest BCUT2D eigenvalue weighted by atomic mass is 16.3. The normalized spacial score (nSPS) is 18.4. The molecule has 0 saturated carbocycles. The summed E-state index contributed by atoms with van der Waals surface area (Å²) in [5.74, 6) is 0. The lowest BCUT2D eigenvalue weighted by Crippen LogP contribution is -2.24. The zero-order chi connectivity index (χ0) is 14.7. The average molecular weight is 270 g/mol. The van der Waals surface area contributed by atoms with Crippen LogP contribution in [-0.4, -0.2) is 22.4 Å². The van der Waals surface area contributed by atoms with Gasteiger partial charge in [-0.3, -0.25) is 0 Å². The van der Waals surface area contributed by atoms with Gasteiger partial charge in [-0.1, -0.05) is 52.2 Å². The van der Waals surface area contributed by atoms with Crippen molar-refractivity contribution in [2.45, 2.75) is 91.3 Å². The minimum atomic E-state index is -0.422. The second kappa shape index (κ2) is 10.4. The van der Waals surface area contributed by atoms with E-state index in [2.05, 4.69) is 32.9 Å². The third kappa shape index (κ3) is 10.1. The smallest absolute Gasteiger partial charge is 0.0572 e. The fraction of sp³-hybridized carbons (Fsp3) is 0.882. The number of hydrogen-bond donors (Lipinski definition) is 2. The minimum Gasteiger partial charge on any atom is -0.393 e. The maximum atomic E-state index is 10.0. The van der Waals surface area contributed by atoms with Crippen molar-refractivity contribution in [2.24, 2.45) is 5.41 Å². The molecule has 0 amide bonds. The van der Waals surface area contributed by atoms with Gasteiger partial charge in [-0.2, -0.15) is 0 Å². The molecule has 2 N–H and O–H groups in total. The minimum absolute atomic E-state index is 0.0648. The summed E-state index contributed by atoms with van der Waals surface area (Å²) in [6.45, 7) is 8.36. The first-order valence-electron chi connectivity index (χ1n) is 7.97. The van der Waals surface area contributed by atoms with Gasteiger partial charge in [-0.05, 0) is 44.4 Å². The van der Waals surface area contributed by atoms with Gasteiger partial charge < -0.3 is 10.2 Å². The van der Waals surface area contributed by atoms with Crippen LogP contribution in [0.2, 0.25) is 0 Å². The van der Waals surface area contributed by atoms with E-state index in [-0.39, 0.29) is 5.41 Å². The monoisotopic (exact) mass is 270 g/mol. The number of rotatable bonds is 11. The lowest BCUT2D eigenvalue weighted by atomic mass is 9.79. The predicted molar refractivity (Wildman–Crippen MR) is 83.2 cm³/mol. The first kappa shape index (κ1) is 18.7. The van der Waals surface area contributed by atoms with E-state index in [0.29, 0.717) is 6.42 Å². The Morgan fingerprint density at radius 2 is 1.79 bits per heavy atom. The van der Waals surface area contributed by atoms with Gasteiger partial charge in [0.05, 0.1) is 12.2 Å². The molecule has 0 aromatic rings. The van der Waals surface area contributed by atoms with E-state index in [4.69, 9.17) is 0 Å². The van der Waals surface area contributed by atoms with Gasteiger partial charge in [0.1, 0.15) is 0 Å². The van der Waals surface area contributed by atoms with Gasteiger partial charge in [-0.15, -0.1) is 0 Å². The van der Waals surface area contributed by atoms with E-state index in [1.807, 2.05) is 0 Å². The van der Waals surface area contributed by atoms with Crippen molar-refractivity contribution in [3.8, 4) is 0 Å². The van der Waals surface area contributed by atoms with Crippen molar-refractivity contribution in [2.75, 3.05) is 0 Å². The van der Waals surface area contributed by atoms with E-state index in [9.17, 15) is 10.2 Å². The Morgan fingerprint density at radius 3 is 2.32 bits per heavy atom. The van der Waals surface area contributed by atoms with Crippen molar-refractivity contribution in [3.63, 3.8) is 0 Å². The van der Waals surface area contributed by atoms with Crippen molar-refractivity contribution in [1.82, 2.24) is 0 Å². The molecule has 0 aromatic carbocycles. The van der Waals surface area contributed by atoms with E-state index >= 15 is 0 Å². The first-order chi connectivity index (χ1) is 8.93. The highest BCUT2D eigenvalue weighted by Crippen LogP contribution is 2.32. The zero-order valence-corrected chi connectivity index (χ0v) is 13.4. The number of aliphatic hydroxyl groups is 2. The third-order valence-corrected chi connectivity index (χ3v) is 3.63. The molecule has 0 aliphatic carbocycles. The third-order valence-electron chi connectivity index (χ3n) is 3.63. The molecule has 0 heterocycles. The lowest BCUT2D eigenvalue weighted by Gasteiger charge is -2.29. The Balaban J connectivity index is 4.31. The van der Waals surface area contributed by atoms with Crippen molar-refractivity contribution in [1.29, 1.82) is 0 Å². The average Bonchev–Trinajstić information content (AvgIpc) is 2.27. The fourth-order valence-electron chi connectivity index (χ4n) is 2.72. The molecule has 0 saturated heterocycles. The summed E-state index contributed by atoms with van der Waals surface area (Å²) in [5, 5.41) is 19.4. The molecule has 0 fully saturated rings. The van der Waals surface area contributed by atoms with Crippen LogP contribution in [0.3, 0.4) is 0 Å². The predicted octanol–water partition coefficient (Wildman–Crippen LogP) is 4.45. The van der Waals surface area contributed by atoms with Crippen LogP contribution in [0.25, 0.3) is 0 Å². The lowest BCUT2D eigenvalue weighted by molar-refractivity contribution is 0.0628. The molecular weight excluding hydrogens is 236 g/mol. The molecule has 114 valence electrons. The van der Waals surface area contributed by atoms with E-state index in [1.54, 1.807) is 6.92 Å². The van der Waals surface area contributed by atoms with Crippen LogP contribution in [0.1, 0.15) is 79.1 Å². The summed E-state index contributed by atoms with van der Waals surface area (Å²) >= 11 is 0. The highest BCUT2D eigenvalue weighted by Gasteiger charge is 2.24. The van der Waals surface area contributed by atoms with Crippen LogP contribution >= 0.6 is 0 Å². The summed E-state index contributed by atoms with van der Waals surface area (Å²) in [5.41, 5.74) is 0.0648. The van der Waals surface area contributed by atoms with Crippen LogP contribution in [0.5, 0.6) is 0 Å². The summed E-state index contributed by atoms with van der Waals surface area (Å²) in [4.78, 5) is 0. The summed E-state index contributed by atoms with van der Waals surface area (Å²) in [6.07, 6.45) is 12.1. The fourth-order valence-corrected chi connectivity index (χ4v) is 2.72. The first-order valence-corrected chi connectivity index (χ1v) is 7.97. The summed E-state index contributed by atoms with van der Waals surface area (Å²) in [7, 11) is 0. The van der Waals surface area contributed by atoms with E-state index < -0.39 is 12.2 Å². The second-order valence-corrected chi connectivity index (χ2v) is 6.24. The Kier molecular flexibility index (Phi) is 10.3. The Bertz CT molecular complexity index is 235. The standard InChI is InChI=1S/C17H34O2/c1-5-7-8-9-10-12-17(4,11-6-2)14-16(19)13-15(3)18/h10,12,15-16,18-19H,5-9,11,13-14H2,1-4H3. The van der Waals surface area contributed by atoms with Crippen molar-refractivity contribution in [3.05, 3.63) is 12.2 Å². The largest absolute Gasteiger partial charge is 0.393 e. The van der Waals surface area contributed by atoms with E-state index in [0.717, 1.165) is 25.7 Å². The molecule has 0 spiro atoms. The zero-order valence-electron chi connectivity index (χ0n) is 13.4. The SMILES string of the molecule is CCCCCC=CC(C)(CCC)CC(O)CC(C)O. The van der Waals surface area contributed by atoms with Gasteiger partial charge >= 0.3 is 0 Å². The van der Waals surface area contributed by atoms with Gasteiger partial charge in [0.15, 0.2) is 0 Å². The quantitative estimate of drug-likeness (QED) is 0.430.